The Bertz CT molecular complexity index is 355. The zero-order chi connectivity index (χ0) is 12.1. The summed E-state index contributed by atoms with van der Waals surface area (Å²) >= 11 is 0. The molecule has 1 fully saturated rings. The normalized spacial score (nSPS) is 22.9. The van der Waals surface area contributed by atoms with Crippen LogP contribution in [0.5, 0.6) is 0 Å². The molecule has 1 aromatic rings. The minimum Gasteiger partial charge on any atom is -0.469 e. The van der Waals surface area contributed by atoms with E-state index in [1.807, 2.05) is 18.2 Å². The third-order valence-corrected chi connectivity index (χ3v) is 3.20. The van der Waals surface area contributed by atoms with Gasteiger partial charge in [0, 0.05) is 6.42 Å². The van der Waals surface area contributed by atoms with Crippen molar-refractivity contribution in [3.63, 3.8) is 0 Å². The summed E-state index contributed by atoms with van der Waals surface area (Å²) in [6.07, 6.45) is 2.79. The number of ether oxygens (including phenoxy) is 2. The van der Waals surface area contributed by atoms with Crippen LogP contribution in [0, 0.1) is 5.92 Å². The fourth-order valence-electron chi connectivity index (χ4n) is 2.08. The second-order valence-electron chi connectivity index (χ2n) is 4.54. The van der Waals surface area contributed by atoms with Crippen molar-refractivity contribution < 1.29 is 14.3 Å². The Kier molecular flexibility index (Phi) is 4.15. The summed E-state index contributed by atoms with van der Waals surface area (Å²) in [7, 11) is 1.43. The standard InChI is InChI=1S/C14H18O3/c1-16-14(15)9-12-7-13(8-12)17-10-11-5-3-2-4-6-11/h2-6,12-13H,7-10H2,1H3/t12-,13-. The van der Waals surface area contributed by atoms with Crippen molar-refractivity contribution in [1.29, 1.82) is 0 Å². The third kappa shape index (κ3) is 3.56. The summed E-state index contributed by atoms with van der Waals surface area (Å²) in [5.74, 6) is 0.333. The van der Waals surface area contributed by atoms with Gasteiger partial charge < -0.3 is 9.47 Å². The molecule has 92 valence electrons. The predicted octanol–water partition coefficient (Wildman–Crippen LogP) is 2.54. The molecule has 0 aliphatic heterocycles. The van der Waals surface area contributed by atoms with Gasteiger partial charge in [0.2, 0.25) is 0 Å². The first-order valence-electron chi connectivity index (χ1n) is 6.00. The Morgan fingerprint density at radius 2 is 2.00 bits per heavy atom. The zero-order valence-electron chi connectivity index (χ0n) is 10.1. The van der Waals surface area contributed by atoms with Crippen LogP contribution in [0.3, 0.4) is 0 Å². The number of rotatable bonds is 5. The minimum atomic E-state index is -0.114. The topological polar surface area (TPSA) is 35.5 Å². The molecule has 3 nitrogen and oxygen atoms in total. The molecule has 0 unspecified atom stereocenters. The van der Waals surface area contributed by atoms with Crippen molar-refractivity contribution in [2.75, 3.05) is 7.11 Å². The van der Waals surface area contributed by atoms with Crippen LogP contribution >= 0.6 is 0 Å². The molecule has 0 amide bonds. The summed E-state index contributed by atoms with van der Waals surface area (Å²) in [4.78, 5) is 11.0. The Labute approximate surface area is 102 Å². The van der Waals surface area contributed by atoms with Gasteiger partial charge in [-0.05, 0) is 24.3 Å². The lowest BCUT2D eigenvalue weighted by Gasteiger charge is -2.34. The van der Waals surface area contributed by atoms with E-state index in [1.54, 1.807) is 0 Å². The molecule has 0 spiro atoms. The van der Waals surface area contributed by atoms with Crippen molar-refractivity contribution in [3.8, 4) is 0 Å². The monoisotopic (exact) mass is 234 g/mol. The molecule has 1 aliphatic carbocycles. The molecule has 0 heterocycles. The van der Waals surface area contributed by atoms with E-state index in [1.165, 1.54) is 12.7 Å². The van der Waals surface area contributed by atoms with Crippen LogP contribution in [0.1, 0.15) is 24.8 Å². The SMILES string of the molecule is COC(=O)C[C@H]1C[C@H](OCc2ccccc2)C1. The maximum Gasteiger partial charge on any atom is 0.305 e. The van der Waals surface area contributed by atoms with Gasteiger partial charge in [0.25, 0.3) is 0 Å². The molecule has 1 aliphatic rings. The first-order valence-corrected chi connectivity index (χ1v) is 6.00. The van der Waals surface area contributed by atoms with Gasteiger partial charge in [-0.15, -0.1) is 0 Å². The summed E-state index contributed by atoms with van der Waals surface area (Å²) in [5, 5.41) is 0. The van der Waals surface area contributed by atoms with Crippen molar-refractivity contribution >= 4 is 5.97 Å². The molecule has 1 saturated carbocycles. The van der Waals surface area contributed by atoms with Gasteiger partial charge in [0.05, 0.1) is 19.8 Å². The van der Waals surface area contributed by atoms with Gasteiger partial charge in [-0.2, -0.15) is 0 Å². The number of esters is 1. The lowest BCUT2D eigenvalue weighted by atomic mass is 9.80. The smallest absolute Gasteiger partial charge is 0.305 e. The molecule has 17 heavy (non-hydrogen) atoms. The number of hydrogen-bond donors (Lipinski definition) is 0. The molecule has 0 bridgehead atoms. The van der Waals surface area contributed by atoms with Crippen LogP contribution in [0.2, 0.25) is 0 Å². The fraction of sp³-hybridized carbons (Fsp3) is 0.500. The van der Waals surface area contributed by atoms with Crippen molar-refractivity contribution in [3.05, 3.63) is 35.9 Å². The summed E-state index contributed by atoms with van der Waals surface area (Å²) in [6, 6.07) is 10.1. The number of benzene rings is 1. The van der Waals surface area contributed by atoms with E-state index in [9.17, 15) is 4.79 Å². The van der Waals surface area contributed by atoms with E-state index < -0.39 is 0 Å². The van der Waals surface area contributed by atoms with Gasteiger partial charge in [0.15, 0.2) is 0 Å². The summed E-state index contributed by atoms with van der Waals surface area (Å²) < 4.78 is 10.4. The van der Waals surface area contributed by atoms with Crippen LogP contribution in [-0.2, 0) is 20.9 Å². The molecule has 0 atom stereocenters. The Morgan fingerprint density at radius 3 is 2.65 bits per heavy atom. The minimum absolute atomic E-state index is 0.114. The maximum atomic E-state index is 11.0. The summed E-state index contributed by atoms with van der Waals surface area (Å²) in [6.45, 7) is 0.663. The molecular weight excluding hydrogens is 216 g/mol. The highest BCUT2D eigenvalue weighted by Gasteiger charge is 2.31. The third-order valence-electron chi connectivity index (χ3n) is 3.20. The van der Waals surface area contributed by atoms with Crippen LogP contribution in [-0.4, -0.2) is 19.2 Å². The van der Waals surface area contributed by atoms with Gasteiger partial charge in [0.1, 0.15) is 0 Å². The van der Waals surface area contributed by atoms with Gasteiger partial charge in [-0.1, -0.05) is 30.3 Å². The van der Waals surface area contributed by atoms with E-state index in [0.717, 1.165) is 12.8 Å². The molecule has 0 aromatic heterocycles. The van der Waals surface area contributed by atoms with Crippen LogP contribution in [0.4, 0.5) is 0 Å². The van der Waals surface area contributed by atoms with Crippen LogP contribution in [0.15, 0.2) is 30.3 Å². The van der Waals surface area contributed by atoms with E-state index in [2.05, 4.69) is 16.9 Å². The highest BCUT2D eigenvalue weighted by atomic mass is 16.5. The molecule has 3 heteroatoms. The van der Waals surface area contributed by atoms with Crippen LogP contribution in [0.25, 0.3) is 0 Å². The van der Waals surface area contributed by atoms with Crippen molar-refractivity contribution in [1.82, 2.24) is 0 Å². The molecule has 0 N–H and O–H groups in total. The van der Waals surface area contributed by atoms with Gasteiger partial charge in [-0.3, -0.25) is 4.79 Å². The Hall–Kier alpha value is -1.35. The number of hydrogen-bond acceptors (Lipinski definition) is 3. The summed E-state index contributed by atoms with van der Waals surface area (Å²) in [5.41, 5.74) is 1.20. The second-order valence-corrected chi connectivity index (χ2v) is 4.54. The lowest BCUT2D eigenvalue weighted by molar-refractivity contribution is -0.144. The molecule has 0 saturated heterocycles. The second kappa shape index (κ2) is 5.82. The van der Waals surface area contributed by atoms with Crippen LogP contribution < -0.4 is 0 Å². The largest absolute Gasteiger partial charge is 0.469 e. The van der Waals surface area contributed by atoms with E-state index in [-0.39, 0.29) is 5.97 Å². The number of methoxy groups -OCH3 is 1. The Morgan fingerprint density at radius 1 is 1.29 bits per heavy atom. The lowest BCUT2D eigenvalue weighted by Crippen LogP contribution is -2.32. The van der Waals surface area contributed by atoms with E-state index in [4.69, 9.17) is 4.74 Å². The number of carbonyl (C=O) groups is 1. The van der Waals surface area contributed by atoms with E-state index >= 15 is 0 Å². The predicted molar refractivity (Wildman–Crippen MR) is 64.4 cm³/mol. The molecule has 2 rings (SSSR count). The fourth-order valence-corrected chi connectivity index (χ4v) is 2.08. The van der Waals surface area contributed by atoms with Gasteiger partial charge in [-0.25, -0.2) is 0 Å². The Balaban J connectivity index is 1.63. The van der Waals surface area contributed by atoms with Gasteiger partial charge >= 0.3 is 5.97 Å². The van der Waals surface area contributed by atoms with Crippen molar-refractivity contribution in [2.24, 2.45) is 5.92 Å². The average molecular weight is 234 g/mol. The average Bonchev–Trinajstić information content (AvgIpc) is 2.32. The van der Waals surface area contributed by atoms with E-state index in [0.29, 0.717) is 25.0 Å². The van der Waals surface area contributed by atoms with Crippen molar-refractivity contribution in [2.45, 2.75) is 32.0 Å². The maximum absolute atomic E-state index is 11.0. The zero-order valence-corrected chi connectivity index (χ0v) is 10.1. The molecular formula is C14H18O3. The first-order chi connectivity index (χ1) is 8.28. The highest BCUT2D eigenvalue weighted by Crippen LogP contribution is 2.33. The first kappa shape index (κ1) is 12.1. The highest BCUT2D eigenvalue weighted by molar-refractivity contribution is 5.69. The number of carbonyl (C=O) groups excluding carboxylic acids is 1. The quantitative estimate of drug-likeness (QED) is 0.734. The molecule has 0 radical (unpaired) electrons. The molecule has 1 aromatic carbocycles.